The summed E-state index contributed by atoms with van der Waals surface area (Å²) in [4.78, 5) is 11.6. The van der Waals surface area contributed by atoms with E-state index in [1.54, 1.807) is 12.1 Å². The topological polar surface area (TPSA) is 38.3 Å². The molecule has 94 valence electrons. The Hall–Kier alpha value is -0.580. The van der Waals surface area contributed by atoms with Gasteiger partial charge in [-0.2, -0.15) is 0 Å². The normalized spacial score (nSPS) is 11.4. The summed E-state index contributed by atoms with van der Waals surface area (Å²) in [6.45, 7) is 5.69. The summed E-state index contributed by atoms with van der Waals surface area (Å²) >= 11 is 9.27. The summed E-state index contributed by atoms with van der Waals surface area (Å²) in [5, 5.41) is 3.20. The molecule has 5 heteroatoms. The number of hydrogen-bond acceptors (Lipinski definition) is 2. The molecule has 0 saturated carbocycles. The Balaban J connectivity index is 2.59. The molecule has 0 saturated heterocycles. The summed E-state index contributed by atoms with van der Waals surface area (Å²) in [5.41, 5.74) is 0.238. The van der Waals surface area contributed by atoms with Crippen LogP contribution in [0.4, 0.5) is 5.69 Å². The molecule has 0 heterocycles. The van der Waals surface area contributed by atoms with Crippen molar-refractivity contribution in [1.29, 1.82) is 0 Å². The zero-order valence-corrected chi connectivity index (χ0v) is 12.4. The first kappa shape index (κ1) is 14.5. The van der Waals surface area contributed by atoms with Gasteiger partial charge < -0.3 is 10.1 Å². The van der Waals surface area contributed by atoms with Gasteiger partial charge in [-0.3, -0.25) is 4.79 Å². The Bertz CT molecular complexity index is 415. The van der Waals surface area contributed by atoms with Crippen molar-refractivity contribution >= 4 is 39.1 Å². The molecule has 17 heavy (non-hydrogen) atoms. The number of rotatable bonds is 3. The minimum atomic E-state index is -0.335. The van der Waals surface area contributed by atoms with E-state index in [1.165, 1.54) is 0 Å². The van der Waals surface area contributed by atoms with Gasteiger partial charge in [0.1, 0.15) is 6.61 Å². The predicted molar refractivity (Wildman–Crippen MR) is 73.5 cm³/mol. The maximum atomic E-state index is 11.6. The number of halogens is 2. The summed E-state index contributed by atoms with van der Waals surface area (Å²) < 4.78 is 6.22. The van der Waals surface area contributed by atoms with Gasteiger partial charge in [-0.05, 0) is 39.0 Å². The van der Waals surface area contributed by atoms with Gasteiger partial charge in [-0.25, -0.2) is 0 Å². The molecule has 0 aliphatic heterocycles. The minimum Gasteiger partial charge on any atom is -0.366 e. The first-order valence-electron chi connectivity index (χ1n) is 5.17. The van der Waals surface area contributed by atoms with E-state index in [2.05, 4.69) is 21.2 Å². The fourth-order valence-corrected chi connectivity index (χ4v) is 1.59. The van der Waals surface area contributed by atoms with Crippen molar-refractivity contribution in [1.82, 2.24) is 0 Å². The quantitative estimate of drug-likeness (QED) is 0.918. The molecule has 0 radical (unpaired) electrons. The number of carbonyl (C=O) groups is 1. The van der Waals surface area contributed by atoms with E-state index in [1.807, 2.05) is 26.8 Å². The summed E-state index contributed by atoms with van der Waals surface area (Å²) in [6.07, 6.45) is 0. The van der Waals surface area contributed by atoms with Crippen LogP contribution in [0.3, 0.4) is 0 Å². The van der Waals surface area contributed by atoms with Gasteiger partial charge in [0.05, 0.1) is 16.3 Å². The molecule has 0 bridgehead atoms. The van der Waals surface area contributed by atoms with Crippen molar-refractivity contribution in [2.75, 3.05) is 11.9 Å². The molecular weight excluding hydrogens is 305 g/mol. The molecule has 3 nitrogen and oxygen atoms in total. The molecule has 0 aliphatic carbocycles. The van der Waals surface area contributed by atoms with Gasteiger partial charge in [-0.1, -0.05) is 27.5 Å². The number of anilines is 1. The van der Waals surface area contributed by atoms with Crippen LogP contribution in [-0.2, 0) is 9.53 Å². The lowest BCUT2D eigenvalue weighted by Gasteiger charge is -2.19. The minimum absolute atomic E-state index is 0.00629. The first-order chi connectivity index (χ1) is 7.78. The van der Waals surface area contributed by atoms with Gasteiger partial charge in [0, 0.05) is 4.47 Å². The summed E-state index contributed by atoms with van der Waals surface area (Å²) in [5.74, 6) is -0.222. The van der Waals surface area contributed by atoms with E-state index < -0.39 is 0 Å². The van der Waals surface area contributed by atoms with Crippen LogP contribution in [0.5, 0.6) is 0 Å². The lowest BCUT2D eigenvalue weighted by molar-refractivity contribution is -0.125. The molecular formula is C12H15BrClNO2. The molecule has 1 aromatic carbocycles. The number of ether oxygens (including phenoxy) is 1. The van der Waals surface area contributed by atoms with Crippen molar-refractivity contribution < 1.29 is 9.53 Å². The van der Waals surface area contributed by atoms with Crippen molar-refractivity contribution in [3.8, 4) is 0 Å². The molecule has 0 aromatic heterocycles. The largest absolute Gasteiger partial charge is 0.366 e. The number of nitrogens with one attached hydrogen (secondary N) is 1. The molecule has 1 rings (SSSR count). The Morgan fingerprint density at radius 2 is 2.12 bits per heavy atom. The standard InChI is InChI=1S/C12H15BrClNO2/c1-12(2,3)17-7-11(16)15-10-6-8(13)4-5-9(10)14/h4-6H,7H2,1-3H3,(H,15,16). The summed E-state index contributed by atoms with van der Waals surface area (Å²) in [6, 6.07) is 5.27. The number of hydrogen-bond donors (Lipinski definition) is 1. The van der Waals surface area contributed by atoms with E-state index in [9.17, 15) is 4.79 Å². The van der Waals surface area contributed by atoms with E-state index in [4.69, 9.17) is 16.3 Å². The van der Waals surface area contributed by atoms with Crippen LogP contribution in [0, 0.1) is 0 Å². The molecule has 0 unspecified atom stereocenters. The van der Waals surface area contributed by atoms with Crippen LogP contribution < -0.4 is 5.32 Å². The second kappa shape index (κ2) is 5.85. The van der Waals surface area contributed by atoms with Crippen LogP contribution >= 0.6 is 27.5 Å². The second-order valence-electron chi connectivity index (χ2n) is 4.57. The number of amides is 1. The Morgan fingerprint density at radius 3 is 2.71 bits per heavy atom. The average Bonchev–Trinajstić information content (AvgIpc) is 2.20. The lowest BCUT2D eigenvalue weighted by atomic mass is 10.2. The van der Waals surface area contributed by atoms with Crippen molar-refractivity contribution in [2.24, 2.45) is 0 Å². The van der Waals surface area contributed by atoms with E-state index in [0.717, 1.165) is 4.47 Å². The zero-order chi connectivity index (χ0) is 13.1. The van der Waals surface area contributed by atoms with Crippen LogP contribution in [0.15, 0.2) is 22.7 Å². The van der Waals surface area contributed by atoms with E-state index in [-0.39, 0.29) is 18.1 Å². The van der Waals surface area contributed by atoms with Gasteiger partial charge in [0.25, 0.3) is 0 Å². The van der Waals surface area contributed by atoms with Gasteiger partial charge >= 0.3 is 0 Å². The predicted octanol–water partition coefficient (Wildman–Crippen LogP) is 3.86. The van der Waals surface area contributed by atoms with E-state index in [0.29, 0.717) is 10.7 Å². The third-order valence-electron chi connectivity index (χ3n) is 1.84. The highest BCUT2D eigenvalue weighted by Crippen LogP contribution is 2.25. The first-order valence-corrected chi connectivity index (χ1v) is 6.34. The SMILES string of the molecule is CC(C)(C)OCC(=O)Nc1cc(Br)ccc1Cl. The molecule has 1 amide bonds. The fraction of sp³-hybridized carbons (Fsp3) is 0.417. The summed E-state index contributed by atoms with van der Waals surface area (Å²) in [7, 11) is 0. The Kier molecular flexibility index (Phi) is 4.98. The molecule has 0 atom stereocenters. The number of benzene rings is 1. The van der Waals surface area contributed by atoms with Crippen LogP contribution in [0.1, 0.15) is 20.8 Å². The van der Waals surface area contributed by atoms with Gasteiger partial charge in [0.2, 0.25) is 5.91 Å². The van der Waals surface area contributed by atoms with E-state index >= 15 is 0 Å². The van der Waals surface area contributed by atoms with Gasteiger partial charge in [0.15, 0.2) is 0 Å². The van der Waals surface area contributed by atoms with Crippen molar-refractivity contribution in [3.63, 3.8) is 0 Å². The Labute approximate surface area is 115 Å². The molecule has 0 aliphatic rings. The van der Waals surface area contributed by atoms with Crippen LogP contribution in [0.25, 0.3) is 0 Å². The zero-order valence-electron chi connectivity index (χ0n) is 10.0. The van der Waals surface area contributed by atoms with Crippen molar-refractivity contribution in [2.45, 2.75) is 26.4 Å². The van der Waals surface area contributed by atoms with Crippen molar-refractivity contribution in [3.05, 3.63) is 27.7 Å². The van der Waals surface area contributed by atoms with Crippen LogP contribution in [0.2, 0.25) is 5.02 Å². The monoisotopic (exact) mass is 319 g/mol. The third kappa shape index (κ3) is 5.52. The highest BCUT2D eigenvalue weighted by Gasteiger charge is 2.13. The molecule has 0 fully saturated rings. The molecule has 0 spiro atoms. The highest BCUT2D eigenvalue weighted by atomic mass is 79.9. The smallest absolute Gasteiger partial charge is 0.250 e. The lowest BCUT2D eigenvalue weighted by Crippen LogP contribution is -2.27. The second-order valence-corrected chi connectivity index (χ2v) is 5.90. The van der Waals surface area contributed by atoms with Crippen LogP contribution in [-0.4, -0.2) is 18.1 Å². The molecule has 1 aromatic rings. The third-order valence-corrected chi connectivity index (χ3v) is 2.66. The van der Waals surface area contributed by atoms with Gasteiger partial charge in [-0.15, -0.1) is 0 Å². The maximum absolute atomic E-state index is 11.6. The fourth-order valence-electron chi connectivity index (χ4n) is 1.06. The Morgan fingerprint density at radius 1 is 1.47 bits per heavy atom. The average molecular weight is 321 g/mol. The number of carbonyl (C=O) groups excluding carboxylic acids is 1. The molecule has 1 N–H and O–H groups in total. The highest BCUT2D eigenvalue weighted by molar-refractivity contribution is 9.10. The maximum Gasteiger partial charge on any atom is 0.250 e.